The fourth-order valence-electron chi connectivity index (χ4n) is 2.93. The number of aromatic nitrogens is 2. The molecule has 1 N–H and O–H groups in total. The molecule has 0 radical (unpaired) electrons. The van der Waals surface area contributed by atoms with Crippen molar-refractivity contribution in [2.24, 2.45) is 0 Å². The molecule has 0 atom stereocenters. The van der Waals surface area contributed by atoms with Gasteiger partial charge in [0.1, 0.15) is 5.65 Å². The Morgan fingerprint density at radius 3 is 2.78 bits per heavy atom. The molecule has 0 aliphatic heterocycles. The van der Waals surface area contributed by atoms with Gasteiger partial charge in [0.15, 0.2) is 0 Å². The minimum atomic E-state index is -0.401. The standard InChI is InChI=1S/C21H23N3O3/c1-14(2)27-21(26)16-7-6-8-17(13-16)23-20(25)11-10-18-15(3)22-19-9-4-5-12-24(18)19/h4-9,12-14H,10-11H2,1-3H3,(H,23,25). The molecule has 0 saturated carbocycles. The average Bonchev–Trinajstić information content (AvgIpc) is 2.94. The van der Waals surface area contributed by atoms with Gasteiger partial charge in [0, 0.05) is 24.0 Å². The van der Waals surface area contributed by atoms with Gasteiger partial charge in [0.05, 0.1) is 17.4 Å². The predicted molar refractivity (Wildman–Crippen MR) is 104 cm³/mol. The van der Waals surface area contributed by atoms with Crippen molar-refractivity contribution >= 4 is 23.2 Å². The Morgan fingerprint density at radius 2 is 2.00 bits per heavy atom. The van der Waals surface area contributed by atoms with Gasteiger partial charge >= 0.3 is 5.97 Å². The quantitative estimate of drug-likeness (QED) is 0.675. The van der Waals surface area contributed by atoms with Crippen molar-refractivity contribution in [3.8, 4) is 0 Å². The summed E-state index contributed by atoms with van der Waals surface area (Å²) in [5.41, 5.74) is 3.82. The molecular weight excluding hydrogens is 342 g/mol. The van der Waals surface area contributed by atoms with E-state index in [-0.39, 0.29) is 12.0 Å². The third-order valence-electron chi connectivity index (χ3n) is 4.14. The third kappa shape index (κ3) is 4.53. The van der Waals surface area contributed by atoms with Crippen LogP contribution in [0.3, 0.4) is 0 Å². The summed E-state index contributed by atoms with van der Waals surface area (Å²) in [4.78, 5) is 28.9. The van der Waals surface area contributed by atoms with Gasteiger partial charge in [-0.05, 0) is 57.5 Å². The number of hydrogen-bond donors (Lipinski definition) is 1. The third-order valence-corrected chi connectivity index (χ3v) is 4.14. The molecular formula is C21H23N3O3. The first-order valence-corrected chi connectivity index (χ1v) is 8.97. The second-order valence-corrected chi connectivity index (χ2v) is 6.66. The second-order valence-electron chi connectivity index (χ2n) is 6.66. The minimum Gasteiger partial charge on any atom is -0.459 e. The molecule has 3 aromatic rings. The fraction of sp³-hybridized carbons (Fsp3) is 0.286. The van der Waals surface area contributed by atoms with Crippen LogP contribution in [0.4, 0.5) is 5.69 Å². The van der Waals surface area contributed by atoms with Crippen LogP contribution in [0.1, 0.15) is 42.0 Å². The molecule has 2 aromatic heterocycles. The normalized spacial score (nSPS) is 11.0. The lowest BCUT2D eigenvalue weighted by Gasteiger charge is -2.10. The molecule has 140 valence electrons. The number of imidazole rings is 1. The Hall–Kier alpha value is -3.15. The highest BCUT2D eigenvalue weighted by Crippen LogP contribution is 2.16. The van der Waals surface area contributed by atoms with Crippen molar-refractivity contribution in [3.05, 3.63) is 65.6 Å². The number of nitrogens with one attached hydrogen (secondary N) is 1. The number of aryl methyl sites for hydroxylation is 2. The molecule has 2 heterocycles. The molecule has 0 unspecified atom stereocenters. The molecule has 0 aliphatic carbocycles. The van der Waals surface area contributed by atoms with Crippen LogP contribution in [-0.2, 0) is 16.0 Å². The van der Waals surface area contributed by atoms with E-state index in [1.54, 1.807) is 38.1 Å². The van der Waals surface area contributed by atoms with Crippen LogP contribution >= 0.6 is 0 Å². The molecule has 1 aromatic carbocycles. The summed E-state index contributed by atoms with van der Waals surface area (Å²) in [5.74, 6) is -0.517. The first kappa shape index (κ1) is 18.6. The van der Waals surface area contributed by atoms with E-state index in [9.17, 15) is 9.59 Å². The van der Waals surface area contributed by atoms with Crippen molar-refractivity contribution < 1.29 is 14.3 Å². The van der Waals surface area contributed by atoms with E-state index in [2.05, 4.69) is 10.3 Å². The summed E-state index contributed by atoms with van der Waals surface area (Å²) in [6.45, 7) is 5.54. The molecule has 6 nitrogen and oxygen atoms in total. The number of carbonyl (C=O) groups excluding carboxylic acids is 2. The SMILES string of the molecule is Cc1nc2ccccn2c1CCC(=O)Nc1cccc(C(=O)OC(C)C)c1. The first-order valence-electron chi connectivity index (χ1n) is 8.97. The number of benzene rings is 1. The number of nitrogens with zero attached hydrogens (tertiary/aromatic N) is 2. The van der Waals surface area contributed by atoms with Crippen molar-refractivity contribution in [3.63, 3.8) is 0 Å². The van der Waals surface area contributed by atoms with Gasteiger partial charge < -0.3 is 14.5 Å². The van der Waals surface area contributed by atoms with Gasteiger partial charge in [0.25, 0.3) is 0 Å². The lowest BCUT2D eigenvalue weighted by Crippen LogP contribution is -2.15. The minimum absolute atomic E-state index is 0.116. The Balaban J connectivity index is 1.64. The maximum atomic E-state index is 12.4. The van der Waals surface area contributed by atoms with Gasteiger partial charge in [-0.3, -0.25) is 4.79 Å². The molecule has 6 heteroatoms. The predicted octanol–water partition coefficient (Wildman–Crippen LogP) is 3.78. The highest BCUT2D eigenvalue weighted by Gasteiger charge is 2.13. The van der Waals surface area contributed by atoms with Crippen LogP contribution in [0, 0.1) is 6.92 Å². The van der Waals surface area contributed by atoms with E-state index in [1.165, 1.54) is 0 Å². The number of hydrogen-bond acceptors (Lipinski definition) is 4. The molecule has 0 aliphatic rings. The Morgan fingerprint density at radius 1 is 1.19 bits per heavy atom. The van der Waals surface area contributed by atoms with E-state index in [1.807, 2.05) is 35.7 Å². The van der Waals surface area contributed by atoms with Crippen molar-refractivity contribution in [1.29, 1.82) is 0 Å². The van der Waals surface area contributed by atoms with Crippen LogP contribution in [-0.4, -0.2) is 27.4 Å². The Labute approximate surface area is 158 Å². The van der Waals surface area contributed by atoms with E-state index in [4.69, 9.17) is 4.74 Å². The number of pyridine rings is 1. The van der Waals surface area contributed by atoms with Gasteiger partial charge in [0.2, 0.25) is 5.91 Å². The fourth-order valence-corrected chi connectivity index (χ4v) is 2.93. The monoisotopic (exact) mass is 365 g/mol. The van der Waals surface area contributed by atoms with Gasteiger partial charge in [-0.15, -0.1) is 0 Å². The number of amides is 1. The van der Waals surface area contributed by atoms with Crippen molar-refractivity contribution in [1.82, 2.24) is 9.38 Å². The lowest BCUT2D eigenvalue weighted by molar-refractivity contribution is -0.116. The summed E-state index contributed by atoms with van der Waals surface area (Å²) in [7, 11) is 0. The highest BCUT2D eigenvalue weighted by molar-refractivity contribution is 5.94. The van der Waals surface area contributed by atoms with Crippen LogP contribution < -0.4 is 5.32 Å². The van der Waals surface area contributed by atoms with Gasteiger partial charge in [-0.2, -0.15) is 0 Å². The number of fused-ring (bicyclic) bond motifs is 1. The zero-order valence-electron chi connectivity index (χ0n) is 15.7. The first-order chi connectivity index (χ1) is 12.9. The Bertz CT molecular complexity index is 976. The van der Waals surface area contributed by atoms with Crippen LogP contribution in [0.15, 0.2) is 48.7 Å². The van der Waals surface area contributed by atoms with E-state index < -0.39 is 5.97 Å². The largest absolute Gasteiger partial charge is 0.459 e. The van der Waals surface area contributed by atoms with Gasteiger partial charge in [-0.25, -0.2) is 9.78 Å². The molecule has 0 saturated heterocycles. The number of carbonyl (C=O) groups is 2. The van der Waals surface area contributed by atoms with Crippen molar-refractivity contribution in [2.45, 2.75) is 39.7 Å². The average molecular weight is 365 g/mol. The second kappa shape index (κ2) is 8.03. The summed E-state index contributed by atoms with van der Waals surface area (Å²) in [5, 5.41) is 2.84. The zero-order valence-corrected chi connectivity index (χ0v) is 15.7. The molecule has 0 fully saturated rings. The van der Waals surface area contributed by atoms with E-state index in [0.717, 1.165) is 17.0 Å². The maximum absolute atomic E-state index is 12.4. The molecule has 3 rings (SSSR count). The van der Waals surface area contributed by atoms with Gasteiger partial charge in [-0.1, -0.05) is 12.1 Å². The maximum Gasteiger partial charge on any atom is 0.338 e. The number of esters is 1. The highest BCUT2D eigenvalue weighted by atomic mass is 16.5. The summed E-state index contributed by atoms with van der Waals surface area (Å²) in [6.07, 6.45) is 2.67. The number of rotatable bonds is 6. The van der Waals surface area contributed by atoms with E-state index >= 15 is 0 Å². The molecule has 1 amide bonds. The van der Waals surface area contributed by atoms with Crippen molar-refractivity contribution in [2.75, 3.05) is 5.32 Å². The molecule has 0 spiro atoms. The zero-order chi connectivity index (χ0) is 19.4. The summed E-state index contributed by atoms with van der Waals surface area (Å²) < 4.78 is 7.19. The lowest BCUT2D eigenvalue weighted by atomic mass is 10.1. The van der Waals surface area contributed by atoms with Crippen LogP contribution in [0.2, 0.25) is 0 Å². The molecule has 0 bridgehead atoms. The smallest absolute Gasteiger partial charge is 0.338 e. The van der Waals surface area contributed by atoms with Crippen LogP contribution in [0.25, 0.3) is 5.65 Å². The van der Waals surface area contributed by atoms with Crippen LogP contribution in [0.5, 0.6) is 0 Å². The van der Waals surface area contributed by atoms with E-state index in [0.29, 0.717) is 24.1 Å². The molecule has 27 heavy (non-hydrogen) atoms. The topological polar surface area (TPSA) is 72.7 Å². The number of ether oxygens (including phenoxy) is 1. The summed E-state index contributed by atoms with van der Waals surface area (Å²) in [6, 6.07) is 12.6. The Kier molecular flexibility index (Phi) is 5.54. The summed E-state index contributed by atoms with van der Waals surface area (Å²) >= 11 is 0. The number of anilines is 1.